The van der Waals surface area contributed by atoms with E-state index in [1.807, 2.05) is 6.07 Å². The van der Waals surface area contributed by atoms with E-state index in [-0.39, 0.29) is 11.7 Å². The van der Waals surface area contributed by atoms with Crippen LogP contribution in [0.2, 0.25) is 0 Å². The number of aryl methyl sites for hydroxylation is 1. The maximum atomic E-state index is 6.61. The van der Waals surface area contributed by atoms with Crippen LogP contribution in [0.5, 0.6) is 0 Å². The molecule has 0 amide bonds. The molecule has 1 spiro atoms. The Balaban J connectivity index is 0.943. The number of fused-ring (bicyclic) bond motifs is 17. The average molecular weight is 809 g/mol. The van der Waals surface area contributed by atoms with Gasteiger partial charge in [0.2, 0.25) is 0 Å². The smallest absolute Gasteiger partial charge is 0.269 e. The van der Waals surface area contributed by atoms with Crippen LogP contribution in [0.25, 0.3) is 72.3 Å². The molecule has 3 aliphatic carbocycles. The Hall–Kier alpha value is -7.53. The average Bonchev–Trinajstić information content (AvgIpc) is 4.05. The number of nitrogens with two attached hydrogens (primary N) is 1. The molecule has 3 unspecified atom stereocenters. The highest BCUT2D eigenvalue weighted by atomic mass is 16.3. The normalized spacial score (nSPS) is 18.9. The minimum absolute atomic E-state index is 0.255. The summed E-state index contributed by atoms with van der Waals surface area (Å²) in [4.78, 5) is 5.68. The lowest BCUT2D eigenvalue weighted by Gasteiger charge is -2.30. The van der Waals surface area contributed by atoms with Gasteiger partial charge in [-0.05, 0) is 129 Å². The molecule has 298 valence electrons. The van der Waals surface area contributed by atoms with Gasteiger partial charge >= 0.3 is 0 Å². The Morgan fingerprint density at radius 2 is 1.27 bits per heavy atom. The topological polar surface area (TPSA) is 47.0 Å². The van der Waals surface area contributed by atoms with Gasteiger partial charge in [-0.1, -0.05) is 146 Å². The molecule has 14 rings (SSSR count). The zero-order chi connectivity index (χ0) is 41.6. The second-order valence-electron chi connectivity index (χ2n) is 18.0. The maximum Gasteiger partial charge on any atom is 0.269 e. The summed E-state index contributed by atoms with van der Waals surface area (Å²) in [5, 5.41) is 5.88. The second-order valence-corrected chi connectivity index (χ2v) is 18.0. The van der Waals surface area contributed by atoms with Crippen LogP contribution in [0.4, 0.5) is 5.69 Å². The summed E-state index contributed by atoms with van der Waals surface area (Å²) >= 11 is 0. The van der Waals surface area contributed by atoms with Crippen LogP contribution in [0.1, 0.15) is 75.8 Å². The molecule has 4 nitrogen and oxygen atoms in total. The van der Waals surface area contributed by atoms with Crippen LogP contribution in [0.3, 0.4) is 0 Å². The SMILES string of the molecule is Cc1ccc2c(c1)C1(c3ccccc3-c3cc(-c4ccc5c(c4)c4c(n5C5N=C(c6cccc7c6oc6ccccc67)c6ccccc6[NH2+]5)C=CCC4C)ccc31)c1ccccc1-2. The lowest BCUT2D eigenvalue weighted by Crippen LogP contribution is -2.82. The van der Waals surface area contributed by atoms with Crippen molar-refractivity contribution in [1.29, 1.82) is 0 Å². The van der Waals surface area contributed by atoms with Crippen LogP contribution < -0.4 is 5.32 Å². The molecule has 10 aromatic rings. The lowest BCUT2D eigenvalue weighted by molar-refractivity contribution is -0.634. The van der Waals surface area contributed by atoms with Crippen molar-refractivity contribution in [2.75, 3.05) is 0 Å². The number of allylic oxidation sites excluding steroid dienone is 1. The number of rotatable bonds is 3. The molecule has 0 saturated heterocycles. The zero-order valence-corrected chi connectivity index (χ0v) is 35.1. The first-order chi connectivity index (χ1) is 31.1. The van der Waals surface area contributed by atoms with Crippen molar-refractivity contribution in [2.45, 2.75) is 37.9 Å². The summed E-state index contributed by atoms with van der Waals surface area (Å²) in [7, 11) is 0. The number of hydrogen-bond acceptors (Lipinski definition) is 2. The lowest BCUT2D eigenvalue weighted by atomic mass is 9.70. The summed E-state index contributed by atoms with van der Waals surface area (Å²) in [6.07, 6.45) is 5.43. The summed E-state index contributed by atoms with van der Waals surface area (Å²) < 4.78 is 9.09. The third-order valence-corrected chi connectivity index (χ3v) is 14.6. The van der Waals surface area contributed by atoms with Gasteiger partial charge in [-0.25, -0.2) is 4.99 Å². The Kier molecular flexibility index (Phi) is 7.11. The van der Waals surface area contributed by atoms with Crippen molar-refractivity contribution in [2.24, 2.45) is 4.99 Å². The first-order valence-corrected chi connectivity index (χ1v) is 22.3. The highest BCUT2D eigenvalue weighted by Gasteiger charge is 2.51. The van der Waals surface area contributed by atoms with Crippen LogP contribution in [-0.4, -0.2) is 10.3 Å². The molecule has 0 saturated carbocycles. The highest BCUT2D eigenvalue weighted by Crippen LogP contribution is 2.63. The van der Waals surface area contributed by atoms with Crippen LogP contribution in [-0.2, 0) is 5.41 Å². The van der Waals surface area contributed by atoms with Gasteiger partial charge in [-0.2, -0.15) is 0 Å². The molecule has 3 heterocycles. The molecule has 4 aliphatic rings. The van der Waals surface area contributed by atoms with Crippen LogP contribution in [0, 0.1) is 6.92 Å². The van der Waals surface area contributed by atoms with E-state index in [4.69, 9.17) is 9.41 Å². The monoisotopic (exact) mass is 808 g/mol. The molecule has 0 radical (unpaired) electrons. The van der Waals surface area contributed by atoms with Crippen molar-refractivity contribution < 1.29 is 9.73 Å². The van der Waals surface area contributed by atoms with Crippen LogP contribution in [0.15, 0.2) is 185 Å². The molecular formula is C59H42N3O+. The molecule has 4 heteroatoms. The van der Waals surface area contributed by atoms with E-state index < -0.39 is 0 Å². The van der Waals surface area contributed by atoms with Gasteiger partial charge in [0, 0.05) is 21.7 Å². The number of nitrogens with zero attached hydrogens (tertiary/aromatic N) is 2. The van der Waals surface area contributed by atoms with Crippen molar-refractivity contribution in [3.63, 3.8) is 0 Å². The molecule has 3 atom stereocenters. The molecule has 2 aromatic heterocycles. The van der Waals surface area contributed by atoms with Crippen LogP contribution >= 0.6 is 0 Å². The molecule has 8 aromatic carbocycles. The third kappa shape index (κ3) is 4.66. The number of aliphatic imine (C=N–C) groups is 1. The molecular weight excluding hydrogens is 767 g/mol. The van der Waals surface area contributed by atoms with Gasteiger partial charge in [0.25, 0.3) is 6.29 Å². The number of para-hydroxylation sites is 3. The molecule has 2 N–H and O–H groups in total. The predicted octanol–water partition coefficient (Wildman–Crippen LogP) is 13.6. The summed E-state index contributed by atoms with van der Waals surface area (Å²) in [6.45, 7) is 4.60. The number of hydrogen-bond donors (Lipinski definition) is 1. The Morgan fingerprint density at radius 3 is 2.14 bits per heavy atom. The van der Waals surface area contributed by atoms with E-state index >= 15 is 0 Å². The molecule has 0 fully saturated rings. The first-order valence-electron chi connectivity index (χ1n) is 22.3. The molecule has 0 bridgehead atoms. The fourth-order valence-corrected chi connectivity index (χ4v) is 12.0. The highest BCUT2D eigenvalue weighted by molar-refractivity contribution is 6.22. The molecule has 63 heavy (non-hydrogen) atoms. The maximum absolute atomic E-state index is 6.61. The van der Waals surface area contributed by atoms with E-state index in [9.17, 15) is 0 Å². The van der Waals surface area contributed by atoms with Gasteiger partial charge < -0.3 is 4.42 Å². The van der Waals surface area contributed by atoms with E-state index in [2.05, 4.69) is 200 Å². The Morgan fingerprint density at radius 1 is 0.587 bits per heavy atom. The minimum Gasteiger partial charge on any atom is -0.455 e. The largest absolute Gasteiger partial charge is 0.455 e. The summed E-state index contributed by atoms with van der Waals surface area (Å²) in [5.74, 6) is 0.366. The van der Waals surface area contributed by atoms with E-state index in [0.717, 1.165) is 45.2 Å². The van der Waals surface area contributed by atoms with Crippen molar-refractivity contribution in [1.82, 2.24) is 4.57 Å². The van der Waals surface area contributed by atoms with Gasteiger partial charge in [0.05, 0.1) is 27.9 Å². The van der Waals surface area contributed by atoms with Gasteiger partial charge in [-0.3, -0.25) is 9.88 Å². The minimum atomic E-state index is -0.352. The van der Waals surface area contributed by atoms with E-state index in [1.165, 1.54) is 89.0 Å². The number of furan rings is 1. The Labute approximate surface area is 365 Å². The zero-order valence-electron chi connectivity index (χ0n) is 35.1. The van der Waals surface area contributed by atoms with E-state index in [1.54, 1.807) is 0 Å². The van der Waals surface area contributed by atoms with Crippen molar-refractivity contribution in [3.8, 4) is 33.4 Å². The fraction of sp³-hybridized carbons (Fsp3) is 0.102. The Bertz CT molecular complexity index is 3690. The number of aromatic nitrogens is 1. The van der Waals surface area contributed by atoms with Gasteiger partial charge in [0.1, 0.15) is 16.9 Å². The molecule has 1 aliphatic heterocycles. The number of benzene rings is 8. The third-order valence-electron chi connectivity index (χ3n) is 14.6. The summed E-state index contributed by atoms with van der Waals surface area (Å²) in [6, 6.07) is 63.1. The first kappa shape index (κ1) is 35.1. The van der Waals surface area contributed by atoms with Crippen molar-refractivity contribution in [3.05, 3.63) is 226 Å². The predicted molar refractivity (Wildman–Crippen MR) is 257 cm³/mol. The number of quaternary nitrogens is 1. The van der Waals surface area contributed by atoms with Crippen molar-refractivity contribution >= 4 is 50.3 Å². The fourth-order valence-electron chi connectivity index (χ4n) is 12.0. The standard InChI is InChI=1S/C59H41N3O/c1-34-25-28-40-38-14-3-7-20-47(38)59(50(40)31-34)48-21-8-4-15-39(48)45-32-36(26-29-49(45)59)37-27-30-52-46(33-37)55-35(2)13-11-23-53(55)62(52)58-60-51-22-9-5-17-43(51)56(61-58)44-19-12-18-42-41-16-6-10-24-54(41)63-57(42)44/h3-12,14-33,35,58,60H,13H2,1-2H3/p+1. The van der Waals surface area contributed by atoms with Gasteiger partial charge in [-0.15, -0.1) is 0 Å². The van der Waals surface area contributed by atoms with E-state index in [0.29, 0.717) is 5.92 Å². The quantitative estimate of drug-likeness (QED) is 0.178. The summed E-state index contributed by atoms with van der Waals surface area (Å²) in [5.41, 5.74) is 24.1. The second kappa shape index (κ2) is 12.8. The van der Waals surface area contributed by atoms with Gasteiger partial charge in [0.15, 0.2) is 0 Å².